The highest BCUT2D eigenvalue weighted by Crippen LogP contribution is 2.46. The van der Waals surface area contributed by atoms with Crippen LogP contribution in [0.1, 0.15) is 35.9 Å². The van der Waals surface area contributed by atoms with Gasteiger partial charge in [-0.25, -0.2) is 0 Å². The molecule has 3 aliphatic rings. The molecule has 2 atom stereocenters. The van der Waals surface area contributed by atoms with Crippen LogP contribution in [-0.4, -0.2) is 67.7 Å². The Morgan fingerprint density at radius 3 is 2.52 bits per heavy atom. The number of amides is 2. The lowest BCUT2D eigenvalue weighted by Gasteiger charge is -2.26. The zero-order chi connectivity index (χ0) is 20.3. The number of aromatic nitrogens is 4. The average Bonchev–Trinajstić information content (AvgIpc) is 2.97. The maximum Gasteiger partial charge on any atom is 0.244 e. The van der Waals surface area contributed by atoms with Crippen LogP contribution >= 0.6 is 0 Å². The SMILES string of the molecule is Cc1cc(C)n(CC(=O)N2C[C@H]3CN(C(=O)C4CC4)C[C@@]3(c3nc(C)no3)C2)n1. The molecule has 0 bridgehead atoms. The Morgan fingerprint density at radius 1 is 1.17 bits per heavy atom. The second-order valence-electron chi connectivity index (χ2n) is 8.85. The summed E-state index contributed by atoms with van der Waals surface area (Å²) < 4.78 is 7.32. The number of carbonyl (C=O) groups is 2. The predicted octanol–water partition coefficient (Wildman–Crippen LogP) is 0.840. The smallest absolute Gasteiger partial charge is 0.244 e. The molecule has 2 saturated heterocycles. The minimum Gasteiger partial charge on any atom is -0.341 e. The van der Waals surface area contributed by atoms with Crippen LogP contribution in [0, 0.1) is 32.6 Å². The molecule has 0 radical (unpaired) electrons. The quantitative estimate of drug-likeness (QED) is 0.757. The fourth-order valence-corrected chi connectivity index (χ4v) is 4.88. The zero-order valence-corrected chi connectivity index (χ0v) is 17.1. The molecule has 5 rings (SSSR count). The highest BCUT2D eigenvalue weighted by Gasteiger charge is 2.59. The molecular formula is C20H26N6O3. The van der Waals surface area contributed by atoms with Crippen molar-refractivity contribution in [2.75, 3.05) is 26.2 Å². The molecule has 2 aromatic rings. The molecule has 4 heterocycles. The average molecular weight is 398 g/mol. The molecule has 0 spiro atoms. The van der Waals surface area contributed by atoms with Crippen LogP contribution in [0.25, 0.3) is 0 Å². The van der Waals surface area contributed by atoms with Gasteiger partial charge in [0, 0.05) is 43.7 Å². The largest absolute Gasteiger partial charge is 0.341 e. The van der Waals surface area contributed by atoms with Crippen molar-refractivity contribution in [1.29, 1.82) is 0 Å². The Kier molecular flexibility index (Phi) is 4.04. The number of nitrogens with zero attached hydrogens (tertiary/aromatic N) is 6. The van der Waals surface area contributed by atoms with Crippen LogP contribution in [0.4, 0.5) is 0 Å². The van der Waals surface area contributed by atoms with Crippen molar-refractivity contribution in [3.63, 3.8) is 0 Å². The molecule has 0 N–H and O–H groups in total. The number of fused-ring (bicyclic) bond motifs is 1. The van der Waals surface area contributed by atoms with Crippen LogP contribution in [0.2, 0.25) is 0 Å². The molecule has 0 aromatic carbocycles. The Balaban J connectivity index is 1.38. The zero-order valence-electron chi connectivity index (χ0n) is 17.1. The third kappa shape index (κ3) is 3.03. The topological polar surface area (TPSA) is 97.4 Å². The van der Waals surface area contributed by atoms with Gasteiger partial charge < -0.3 is 14.3 Å². The summed E-state index contributed by atoms with van der Waals surface area (Å²) in [6, 6.07) is 1.97. The van der Waals surface area contributed by atoms with Crippen molar-refractivity contribution in [3.8, 4) is 0 Å². The third-order valence-corrected chi connectivity index (χ3v) is 6.54. The van der Waals surface area contributed by atoms with Gasteiger partial charge in [0.25, 0.3) is 0 Å². The first kappa shape index (κ1) is 18.3. The van der Waals surface area contributed by atoms with Crippen molar-refractivity contribution >= 4 is 11.8 Å². The van der Waals surface area contributed by atoms with E-state index in [2.05, 4.69) is 15.2 Å². The van der Waals surface area contributed by atoms with Crippen molar-refractivity contribution < 1.29 is 14.1 Å². The summed E-state index contributed by atoms with van der Waals surface area (Å²) in [4.78, 5) is 34.0. The van der Waals surface area contributed by atoms with Gasteiger partial charge in [-0.2, -0.15) is 10.1 Å². The van der Waals surface area contributed by atoms with E-state index in [1.807, 2.05) is 29.7 Å². The predicted molar refractivity (Wildman–Crippen MR) is 102 cm³/mol. The highest BCUT2D eigenvalue weighted by atomic mass is 16.5. The number of hydrogen-bond donors (Lipinski definition) is 0. The lowest BCUT2D eigenvalue weighted by atomic mass is 9.81. The van der Waals surface area contributed by atoms with Gasteiger partial charge in [-0.05, 0) is 39.7 Å². The number of carbonyl (C=O) groups excluding carboxylic acids is 2. The summed E-state index contributed by atoms with van der Waals surface area (Å²) in [7, 11) is 0. The van der Waals surface area contributed by atoms with Crippen molar-refractivity contribution in [1.82, 2.24) is 29.7 Å². The molecule has 2 aliphatic heterocycles. The Bertz CT molecular complexity index is 977. The van der Waals surface area contributed by atoms with Gasteiger partial charge >= 0.3 is 0 Å². The minimum atomic E-state index is -0.476. The molecule has 29 heavy (non-hydrogen) atoms. The van der Waals surface area contributed by atoms with E-state index in [1.165, 1.54) is 0 Å². The van der Waals surface area contributed by atoms with Crippen LogP contribution in [0.15, 0.2) is 10.6 Å². The summed E-state index contributed by atoms with van der Waals surface area (Å²) in [6.45, 7) is 8.15. The van der Waals surface area contributed by atoms with E-state index in [-0.39, 0.29) is 30.2 Å². The Morgan fingerprint density at radius 2 is 1.90 bits per heavy atom. The highest BCUT2D eigenvalue weighted by molar-refractivity contribution is 5.82. The molecule has 2 amide bonds. The minimum absolute atomic E-state index is 0.0290. The summed E-state index contributed by atoms with van der Waals surface area (Å²) in [5.74, 6) is 1.67. The molecule has 1 aliphatic carbocycles. The fourth-order valence-electron chi connectivity index (χ4n) is 4.88. The molecule has 9 nitrogen and oxygen atoms in total. The molecule has 154 valence electrons. The molecule has 0 unspecified atom stereocenters. The molecular weight excluding hydrogens is 372 g/mol. The third-order valence-electron chi connectivity index (χ3n) is 6.54. The summed E-state index contributed by atoms with van der Waals surface area (Å²) in [5, 5.41) is 8.39. The van der Waals surface area contributed by atoms with E-state index in [0.29, 0.717) is 37.9 Å². The van der Waals surface area contributed by atoms with Crippen molar-refractivity contribution in [3.05, 3.63) is 29.2 Å². The summed E-state index contributed by atoms with van der Waals surface area (Å²) >= 11 is 0. The van der Waals surface area contributed by atoms with Crippen LogP contribution < -0.4 is 0 Å². The van der Waals surface area contributed by atoms with Crippen LogP contribution in [0.3, 0.4) is 0 Å². The monoisotopic (exact) mass is 398 g/mol. The molecule has 1 saturated carbocycles. The van der Waals surface area contributed by atoms with Gasteiger partial charge in [0.1, 0.15) is 6.54 Å². The van der Waals surface area contributed by atoms with E-state index < -0.39 is 5.41 Å². The normalized spacial score (nSPS) is 26.2. The first-order valence-corrected chi connectivity index (χ1v) is 10.2. The first-order chi connectivity index (χ1) is 13.9. The van der Waals surface area contributed by atoms with Gasteiger partial charge in [-0.1, -0.05) is 5.16 Å². The summed E-state index contributed by atoms with van der Waals surface area (Å²) in [6.07, 6.45) is 1.97. The van der Waals surface area contributed by atoms with Gasteiger partial charge in [0.2, 0.25) is 17.7 Å². The Labute approximate surface area is 169 Å². The fraction of sp³-hybridized carbons (Fsp3) is 0.650. The van der Waals surface area contributed by atoms with Gasteiger partial charge in [-0.15, -0.1) is 0 Å². The van der Waals surface area contributed by atoms with E-state index in [9.17, 15) is 9.59 Å². The number of likely N-dealkylation sites (tertiary alicyclic amines) is 2. The summed E-state index contributed by atoms with van der Waals surface area (Å²) in [5.41, 5.74) is 1.40. The second kappa shape index (κ2) is 6.40. The van der Waals surface area contributed by atoms with E-state index >= 15 is 0 Å². The maximum atomic E-state index is 13.0. The van der Waals surface area contributed by atoms with Gasteiger partial charge in [0.05, 0.1) is 11.1 Å². The van der Waals surface area contributed by atoms with E-state index in [4.69, 9.17) is 4.52 Å². The molecule has 2 aromatic heterocycles. The first-order valence-electron chi connectivity index (χ1n) is 10.2. The number of rotatable bonds is 4. The number of hydrogen-bond acceptors (Lipinski definition) is 6. The lowest BCUT2D eigenvalue weighted by molar-refractivity contribution is -0.132. The Hall–Kier alpha value is -2.71. The standard InChI is InChI=1S/C20H26N6O3/c1-12-6-13(2)26(22-12)9-17(27)24-7-16-8-25(18(28)15-4-5-15)11-20(16,10-24)19-21-14(3)23-29-19/h6,15-16H,4-5,7-11H2,1-3H3/t16-,20-/m0/s1. The number of aryl methyl sites for hydroxylation is 3. The van der Waals surface area contributed by atoms with Crippen LogP contribution in [-0.2, 0) is 21.5 Å². The molecule has 3 fully saturated rings. The van der Waals surface area contributed by atoms with E-state index in [1.54, 1.807) is 11.6 Å². The van der Waals surface area contributed by atoms with Crippen LogP contribution in [0.5, 0.6) is 0 Å². The van der Waals surface area contributed by atoms with Gasteiger partial charge in [-0.3, -0.25) is 14.3 Å². The van der Waals surface area contributed by atoms with Crippen molar-refractivity contribution in [2.45, 2.75) is 45.6 Å². The second-order valence-corrected chi connectivity index (χ2v) is 8.85. The van der Waals surface area contributed by atoms with Gasteiger partial charge in [0.15, 0.2) is 5.82 Å². The maximum absolute atomic E-state index is 13.0. The molecule has 9 heteroatoms. The van der Waals surface area contributed by atoms with E-state index in [0.717, 1.165) is 24.2 Å². The lowest BCUT2D eigenvalue weighted by Crippen LogP contribution is -2.42. The van der Waals surface area contributed by atoms with Crippen molar-refractivity contribution in [2.24, 2.45) is 11.8 Å².